The van der Waals surface area contributed by atoms with Gasteiger partial charge in [-0.3, -0.25) is 4.79 Å². The van der Waals surface area contributed by atoms with Gasteiger partial charge in [-0.2, -0.15) is 0 Å². The van der Waals surface area contributed by atoms with Gasteiger partial charge in [0, 0.05) is 43.0 Å². The molecule has 6 nitrogen and oxygen atoms in total. The van der Waals surface area contributed by atoms with Crippen molar-refractivity contribution >= 4 is 29.0 Å². The highest BCUT2D eigenvalue weighted by Gasteiger charge is 2.35. The Hall–Kier alpha value is -2.67. The lowest BCUT2D eigenvalue weighted by molar-refractivity contribution is 0.0601. The average Bonchev–Trinajstić information content (AvgIpc) is 2.68. The number of carbonyl (C=O) groups excluding carboxylic acids is 1. The quantitative estimate of drug-likeness (QED) is 0.635. The van der Waals surface area contributed by atoms with Crippen LogP contribution in [0.5, 0.6) is 0 Å². The number of methoxy groups -OCH3 is 1. The Morgan fingerprint density at radius 3 is 2.67 bits per heavy atom. The fourth-order valence-corrected chi connectivity index (χ4v) is 4.34. The predicted octanol–water partition coefficient (Wildman–Crippen LogP) is 2.45. The van der Waals surface area contributed by atoms with E-state index >= 15 is 0 Å². The summed E-state index contributed by atoms with van der Waals surface area (Å²) in [5.74, 6) is 0.368. The summed E-state index contributed by atoms with van der Waals surface area (Å²) in [6.07, 6.45) is 1.09. The minimum absolute atomic E-state index is 0.0852. The molecule has 4 rings (SSSR count). The number of esters is 1. The van der Waals surface area contributed by atoms with Crippen LogP contribution in [-0.4, -0.2) is 40.7 Å². The Labute approximate surface area is 162 Å². The van der Waals surface area contributed by atoms with E-state index in [1.54, 1.807) is 18.2 Å². The molecule has 140 valence electrons. The van der Waals surface area contributed by atoms with Gasteiger partial charge in [-0.15, -0.1) is 0 Å². The number of thiocarbonyl (C=S) groups is 1. The van der Waals surface area contributed by atoms with Crippen LogP contribution in [0, 0.1) is 5.92 Å². The van der Waals surface area contributed by atoms with Crippen LogP contribution >= 0.6 is 12.2 Å². The highest BCUT2D eigenvalue weighted by atomic mass is 32.1. The Morgan fingerprint density at radius 2 is 1.93 bits per heavy atom. The first-order valence-corrected chi connectivity index (χ1v) is 9.40. The highest BCUT2D eigenvalue weighted by Crippen LogP contribution is 2.35. The lowest BCUT2D eigenvalue weighted by Gasteiger charge is -2.43. The number of hydrogen-bond donors (Lipinski definition) is 1. The van der Waals surface area contributed by atoms with Crippen LogP contribution in [0.3, 0.4) is 0 Å². The third-order valence-electron chi connectivity index (χ3n) is 5.32. The molecule has 2 aromatic rings. The molecule has 2 bridgehead atoms. The van der Waals surface area contributed by atoms with Gasteiger partial charge < -0.3 is 19.5 Å². The number of rotatable bonds is 2. The van der Waals surface area contributed by atoms with Crippen molar-refractivity contribution < 1.29 is 9.53 Å². The number of likely N-dealkylation sites (tertiary alicyclic amines) is 1. The summed E-state index contributed by atoms with van der Waals surface area (Å²) in [7, 11) is 1.36. The van der Waals surface area contributed by atoms with Gasteiger partial charge in [-0.25, -0.2) is 4.79 Å². The maximum Gasteiger partial charge on any atom is 0.337 e. The van der Waals surface area contributed by atoms with Gasteiger partial charge in [0.15, 0.2) is 5.11 Å². The number of piperidine rings is 1. The molecule has 0 saturated carbocycles. The minimum atomic E-state index is -0.359. The zero-order valence-corrected chi connectivity index (χ0v) is 15.9. The predicted molar refractivity (Wildman–Crippen MR) is 107 cm³/mol. The van der Waals surface area contributed by atoms with Crippen LogP contribution in [0.4, 0.5) is 5.69 Å². The van der Waals surface area contributed by atoms with Crippen LogP contribution < -0.4 is 10.9 Å². The molecule has 2 atom stereocenters. The highest BCUT2D eigenvalue weighted by molar-refractivity contribution is 7.80. The second-order valence-corrected chi connectivity index (χ2v) is 7.49. The molecule has 1 aromatic heterocycles. The van der Waals surface area contributed by atoms with Crippen molar-refractivity contribution in [2.45, 2.75) is 18.9 Å². The normalized spacial score (nSPS) is 20.6. The average molecular weight is 383 g/mol. The number of ether oxygens (including phenoxy) is 1. The van der Waals surface area contributed by atoms with E-state index in [1.807, 2.05) is 28.8 Å². The minimum Gasteiger partial charge on any atom is -0.465 e. The molecule has 1 aromatic carbocycles. The fraction of sp³-hybridized carbons (Fsp3) is 0.350. The Kier molecular flexibility index (Phi) is 4.70. The second-order valence-electron chi connectivity index (χ2n) is 7.10. The summed E-state index contributed by atoms with van der Waals surface area (Å²) < 4.78 is 6.63. The summed E-state index contributed by atoms with van der Waals surface area (Å²) in [6, 6.07) is 12.6. The number of nitrogens with one attached hydrogen (secondary N) is 1. The molecule has 0 spiro atoms. The zero-order valence-electron chi connectivity index (χ0n) is 15.1. The SMILES string of the molecule is COC(=O)c1ccc(NC(=S)N2CC3C[C@@H](C2)c2cccc(=O)n2C3)cc1. The van der Waals surface area contributed by atoms with E-state index < -0.39 is 0 Å². The van der Waals surface area contributed by atoms with E-state index in [1.165, 1.54) is 7.11 Å². The van der Waals surface area contributed by atoms with Gasteiger partial charge in [0.1, 0.15) is 0 Å². The number of benzene rings is 1. The zero-order chi connectivity index (χ0) is 19.0. The van der Waals surface area contributed by atoms with Crippen LogP contribution in [-0.2, 0) is 11.3 Å². The Morgan fingerprint density at radius 1 is 1.15 bits per heavy atom. The number of fused-ring (bicyclic) bond motifs is 4. The van der Waals surface area contributed by atoms with Gasteiger partial charge in [0.25, 0.3) is 5.56 Å². The van der Waals surface area contributed by atoms with Crippen molar-refractivity contribution in [3.63, 3.8) is 0 Å². The number of carbonyl (C=O) groups is 1. The van der Waals surface area contributed by atoms with Gasteiger partial charge in [0.05, 0.1) is 12.7 Å². The molecule has 2 aliphatic rings. The van der Waals surface area contributed by atoms with Crippen molar-refractivity contribution in [3.8, 4) is 0 Å². The van der Waals surface area contributed by atoms with Crippen molar-refractivity contribution in [1.29, 1.82) is 0 Å². The number of hydrogen-bond acceptors (Lipinski definition) is 4. The molecular weight excluding hydrogens is 362 g/mol. The number of aromatic nitrogens is 1. The van der Waals surface area contributed by atoms with E-state index in [4.69, 9.17) is 17.0 Å². The fourth-order valence-electron chi connectivity index (χ4n) is 4.07. The molecule has 27 heavy (non-hydrogen) atoms. The molecule has 3 heterocycles. The molecule has 1 fully saturated rings. The van der Waals surface area contributed by atoms with Gasteiger partial charge in [0.2, 0.25) is 0 Å². The van der Waals surface area contributed by atoms with Gasteiger partial charge >= 0.3 is 5.97 Å². The Balaban J connectivity index is 1.46. The first kappa shape index (κ1) is 17.7. The number of pyridine rings is 1. The molecule has 0 aliphatic carbocycles. The first-order valence-electron chi connectivity index (χ1n) is 8.99. The Bertz CT molecular complexity index is 938. The van der Waals surface area contributed by atoms with E-state index in [0.717, 1.165) is 37.4 Å². The molecule has 1 saturated heterocycles. The first-order chi connectivity index (χ1) is 13.0. The summed E-state index contributed by atoms with van der Waals surface area (Å²) in [6.45, 7) is 2.38. The topological polar surface area (TPSA) is 63.6 Å². The van der Waals surface area contributed by atoms with E-state index in [0.29, 0.717) is 22.5 Å². The summed E-state index contributed by atoms with van der Waals surface area (Å²) in [4.78, 5) is 25.8. The van der Waals surface area contributed by atoms with E-state index in [2.05, 4.69) is 10.2 Å². The third-order valence-corrected chi connectivity index (χ3v) is 5.68. The summed E-state index contributed by atoms with van der Waals surface area (Å²) >= 11 is 5.62. The summed E-state index contributed by atoms with van der Waals surface area (Å²) in [5.41, 5.74) is 2.53. The lowest BCUT2D eigenvalue weighted by atomic mass is 9.83. The largest absolute Gasteiger partial charge is 0.465 e. The smallest absolute Gasteiger partial charge is 0.337 e. The molecule has 0 radical (unpaired) electrons. The molecule has 1 N–H and O–H groups in total. The third kappa shape index (κ3) is 3.47. The molecular formula is C20H21N3O3S. The second kappa shape index (κ2) is 7.15. The van der Waals surface area contributed by atoms with Crippen molar-refractivity contribution in [1.82, 2.24) is 9.47 Å². The summed E-state index contributed by atoms with van der Waals surface area (Å²) in [5, 5.41) is 3.93. The molecule has 0 amide bonds. The van der Waals surface area contributed by atoms with E-state index in [-0.39, 0.29) is 11.5 Å². The van der Waals surface area contributed by atoms with Crippen LogP contribution in [0.15, 0.2) is 47.3 Å². The maximum absolute atomic E-state index is 12.1. The van der Waals surface area contributed by atoms with Crippen LogP contribution in [0.2, 0.25) is 0 Å². The molecule has 1 unspecified atom stereocenters. The maximum atomic E-state index is 12.1. The molecule has 2 aliphatic heterocycles. The monoisotopic (exact) mass is 383 g/mol. The molecule has 7 heteroatoms. The van der Waals surface area contributed by atoms with Crippen molar-refractivity contribution in [3.05, 3.63) is 64.1 Å². The van der Waals surface area contributed by atoms with E-state index in [9.17, 15) is 9.59 Å². The van der Waals surface area contributed by atoms with Gasteiger partial charge in [-0.1, -0.05) is 6.07 Å². The lowest BCUT2D eigenvalue weighted by Crippen LogP contribution is -2.50. The van der Waals surface area contributed by atoms with Crippen molar-refractivity contribution in [2.24, 2.45) is 5.92 Å². The number of anilines is 1. The van der Waals surface area contributed by atoms with Crippen molar-refractivity contribution in [2.75, 3.05) is 25.5 Å². The van der Waals surface area contributed by atoms with Crippen LogP contribution in [0.1, 0.15) is 28.4 Å². The van der Waals surface area contributed by atoms with Crippen LogP contribution in [0.25, 0.3) is 0 Å². The number of nitrogens with zero attached hydrogens (tertiary/aromatic N) is 2. The van der Waals surface area contributed by atoms with Gasteiger partial charge in [-0.05, 0) is 54.9 Å². The standard InChI is InChI=1S/C20H21N3O3S/c1-26-19(25)14-5-7-16(8-6-14)21-20(27)22-10-13-9-15(12-22)17-3-2-4-18(24)23(17)11-13/h2-8,13,15H,9-12H2,1H3,(H,21,27)/t13?,15-/m0/s1.